The number of hydrogen-bond donors (Lipinski definition) is 2. The van der Waals surface area contributed by atoms with Crippen LogP contribution in [0.1, 0.15) is 47.1 Å². The molecule has 3 aromatic rings. The standard InChI is InChI=1S/C25H24N2O5/c1-13-22-23(15-5-4-6-17(9-15)30-2)24-18(26-25(22)32-27-13)10-16(11-20(24)29)14-7-8-19(28)21(12-14)31-3/h4-9,12,16,23,26,28H,10-11H2,1-3H3/t16-,23-/m1/s1. The van der Waals surface area contributed by atoms with E-state index in [9.17, 15) is 9.90 Å². The second kappa shape index (κ2) is 7.75. The number of benzene rings is 2. The third kappa shape index (κ3) is 3.21. The number of allylic oxidation sites excluding steroid dienone is 2. The molecule has 32 heavy (non-hydrogen) atoms. The van der Waals surface area contributed by atoms with E-state index >= 15 is 0 Å². The number of carbonyl (C=O) groups is 1. The Morgan fingerprint density at radius 2 is 1.94 bits per heavy atom. The van der Waals surface area contributed by atoms with Crippen molar-refractivity contribution < 1.29 is 23.9 Å². The van der Waals surface area contributed by atoms with E-state index in [0.717, 1.165) is 39.4 Å². The average Bonchev–Trinajstić information content (AvgIpc) is 3.18. The quantitative estimate of drug-likeness (QED) is 0.619. The maximum Gasteiger partial charge on any atom is 0.233 e. The van der Waals surface area contributed by atoms with Crippen LogP contribution in [0.2, 0.25) is 0 Å². The minimum atomic E-state index is -0.273. The molecule has 1 aromatic heterocycles. The molecule has 5 rings (SSSR count). The number of Topliss-reactive ketones (excluding diaryl/α,β-unsaturated/α-hetero) is 1. The largest absolute Gasteiger partial charge is 0.504 e. The Balaban J connectivity index is 1.60. The first-order valence-electron chi connectivity index (χ1n) is 10.5. The molecule has 0 radical (unpaired) electrons. The van der Waals surface area contributed by atoms with Crippen LogP contribution in [0.15, 0.2) is 58.3 Å². The second-order valence-electron chi connectivity index (χ2n) is 8.20. The SMILES string of the molecule is COc1cccc([C@H]2C3=C(C[C@@H](c4ccc(O)c(OC)c4)CC3=O)Nc3onc(C)c32)c1. The number of rotatable bonds is 4. The Labute approximate surface area is 185 Å². The summed E-state index contributed by atoms with van der Waals surface area (Å²) < 4.78 is 16.3. The number of nitrogens with one attached hydrogen (secondary N) is 1. The molecule has 2 N–H and O–H groups in total. The van der Waals surface area contributed by atoms with Gasteiger partial charge in [0.15, 0.2) is 17.3 Å². The number of carbonyl (C=O) groups excluding carboxylic acids is 1. The van der Waals surface area contributed by atoms with Gasteiger partial charge in [-0.2, -0.15) is 0 Å². The van der Waals surface area contributed by atoms with Crippen LogP contribution >= 0.6 is 0 Å². The summed E-state index contributed by atoms with van der Waals surface area (Å²) in [7, 11) is 3.14. The topological polar surface area (TPSA) is 93.8 Å². The zero-order valence-electron chi connectivity index (χ0n) is 18.1. The van der Waals surface area contributed by atoms with Gasteiger partial charge in [-0.05, 0) is 54.7 Å². The molecule has 2 atom stereocenters. The van der Waals surface area contributed by atoms with Crippen molar-refractivity contribution in [3.8, 4) is 17.2 Å². The molecule has 164 valence electrons. The molecule has 2 aromatic carbocycles. The first-order chi connectivity index (χ1) is 15.5. The van der Waals surface area contributed by atoms with Gasteiger partial charge >= 0.3 is 0 Å². The molecule has 0 saturated heterocycles. The predicted molar refractivity (Wildman–Crippen MR) is 118 cm³/mol. The number of methoxy groups -OCH3 is 2. The number of hydrogen-bond acceptors (Lipinski definition) is 7. The number of aromatic hydroxyl groups is 1. The summed E-state index contributed by atoms with van der Waals surface area (Å²) in [6, 6.07) is 13.0. The molecule has 0 amide bonds. The molecule has 0 saturated carbocycles. The van der Waals surface area contributed by atoms with Gasteiger partial charge in [0, 0.05) is 23.6 Å². The number of nitrogens with zero attached hydrogens (tertiary/aromatic N) is 1. The van der Waals surface area contributed by atoms with Crippen molar-refractivity contribution >= 4 is 11.7 Å². The summed E-state index contributed by atoms with van der Waals surface area (Å²) in [4.78, 5) is 13.6. The molecule has 1 aliphatic heterocycles. The van der Waals surface area contributed by atoms with E-state index in [1.54, 1.807) is 19.2 Å². The van der Waals surface area contributed by atoms with Gasteiger partial charge in [-0.1, -0.05) is 23.4 Å². The zero-order chi connectivity index (χ0) is 22.4. The van der Waals surface area contributed by atoms with E-state index in [1.807, 2.05) is 37.3 Å². The van der Waals surface area contributed by atoms with Gasteiger partial charge in [0.1, 0.15) is 5.75 Å². The second-order valence-corrected chi connectivity index (χ2v) is 8.20. The Kier molecular flexibility index (Phi) is 4.89. The molecule has 7 nitrogen and oxygen atoms in total. The lowest BCUT2D eigenvalue weighted by atomic mass is 9.72. The lowest BCUT2D eigenvalue weighted by Gasteiger charge is -2.34. The number of aromatic nitrogens is 1. The minimum Gasteiger partial charge on any atom is -0.504 e. The van der Waals surface area contributed by atoms with E-state index in [1.165, 1.54) is 7.11 Å². The molecular weight excluding hydrogens is 408 g/mol. The molecule has 0 bridgehead atoms. The number of fused-ring (bicyclic) bond motifs is 1. The highest BCUT2D eigenvalue weighted by Crippen LogP contribution is 2.49. The molecule has 7 heteroatoms. The summed E-state index contributed by atoms with van der Waals surface area (Å²) >= 11 is 0. The van der Waals surface area contributed by atoms with E-state index in [0.29, 0.717) is 24.5 Å². The van der Waals surface area contributed by atoms with E-state index in [2.05, 4.69) is 10.5 Å². The highest BCUT2D eigenvalue weighted by Gasteiger charge is 2.41. The average molecular weight is 432 g/mol. The normalized spacial score (nSPS) is 19.8. The maximum absolute atomic E-state index is 13.6. The number of ketones is 1. The van der Waals surface area contributed by atoms with Gasteiger partial charge in [-0.25, -0.2) is 0 Å². The Morgan fingerprint density at radius 1 is 1.09 bits per heavy atom. The summed E-state index contributed by atoms with van der Waals surface area (Å²) in [5.74, 6) is 1.55. The molecule has 0 fully saturated rings. The number of anilines is 1. The third-order valence-electron chi connectivity index (χ3n) is 6.36. The Bertz CT molecular complexity index is 1240. The van der Waals surface area contributed by atoms with Crippen LogP contribution in [-0.4, -0.2) is 30.3 Å². The fourth-order valence-corrected chi connectivity index (χ4v) is 4.81. The molecule has 2 aliphatic rings. The van der Waals surface area contributed by atoms with Gasteiger partial charge in [0.25, 0.3) is 0 Å². The lowest BCUT2D eigenvalue weighted by molar-refractivity contribution is -0.116. The lowest BCUT2D eigenvalue weighted by Crippen LogP contribution is -2.29. The van der Waals surface area contributed by atoms with Crippen molar-refractivity contribution in [3.05, 3.63) is 76.1 Å². The Morgan fingerprint density at radius 3 is 2.72 bits per heavy atom. The fourth-order valence-electron chi connectivity index (χ4n) is 4.81. The number of aryl methyl sites for hydroxylation is 1. The molecule has 1 aliphatic carbocycles. The maximum atomic E-state index is 13.6. The van der Waals surface area contributed by atoms with E-state index in [4.69, 9.17) is 14.0 Å². The number of phenols is 1. The molecule has 2 heterocycles. The first-order valence-corrected chi connectivity index (χ1v) is 10.5. The van der Waals surface area contributed by atoms with Crippen molar-refractivity contribution in [2.75, 3.05) is 19.5 Å². The Hall–Kier alpha value is -3.74. The van der Waals surface area contributed by atoms with Crippen molar-refractivity contribution in [1.29, 1.82) is 0 Å². The molecular formula is C25H24N2O5. The first kappa shape index (κ1) is 20.2. The van der Waals surface area contributed by atoms with Gasteiger partial charge < -0.3 is 24.4 Å². The molecule has 0 spiro atoms. The fraction of sp³-hybridized carbons (Fsp3) is 0.280. The minimum absolute atomic E-state index is 0.0419. The van der Waals surface area contributed by atoms with Crippen LogP contribution in [-0.2, 0) is 4.79 Å². The highest BCUT2D eigenvalue weighted by molar-refractivity contribution is 6.01. The molecule has 0 unspecified atom stereocenters. The van der Waals surface area contributed by atoms with Crippen molar-refractivity contribution in [3.63, 3.8) is 0 Å². The van der Waals surface area contributed by atoms with E-state index in [-0.39, 0.29) is 23.4 Å². The van der Waals surface area contributed by atoms with Crippen LogP contribution in [0.3, 0.4) is 0 Å². The van der Waals surface area contributed by atoms with Crippen LogP contribution in [0.25, 0.3) is 0 Å². The zero-order valence-corrected chi connectivity index (χ0v) is 18.1. The summed E-state index contributed by atoms with van der Waals surface area (Å²) in [5.41, 5.74) is 5.14. The van der Waals surface area contributed by atoms with Crippen molar-refractivity contribution in [2.45, 2.75) is 31.6 Å². The van der Waals surface area contributed by atoms with Gasteiger partial charge in [0.05, 0.1) is 25.5 Å². The van der Waals surface area contributed by atoms with E-state index < -0.39 is 0 Å². The summed E-state index contributed by atoms with van der Waals surface area (Å²) in [6.07, 6.45) is 1.00. The van der Waals surface area contributed by atoms with Crippen LogP contribution in [0.5, 0.6) is 17.2 Å². The van der Waals surface area contributed by atoms with Crippen molar-refractivity contribution in [2.24, 2.45) is 0 Å². The number of phenolic OH excluding ortho intramolecular Hbond substituents is 1. The predicted octanol–water partition coefficient (Wildman–Crippen LogP) is 4.66. The highest BCUT2D eigenvalue weighted by atomic mass is 16.5. The van der Waals surface area contributed by atoms with Gasteiger partial charge in [0.2, 0.25) is 5.88 Å². The smallest absolute Gasteiger partial charge is 0.233 e. The summed E-state index contributed by atoms with van der Waals surface area (Å²) in [6.45, 7) is 1.89. The van der Waals surface area contributed by atoms with Crippen LogP contribution in [0, 0.1) is 6.92 Å². The van der Waals surface area contributed by atoms with Gasteiger partial charge in [-0.15, -0.1) is 0 Å². The van der Waals surface area contributed by atoms with Crippen LogP contribution in [0.4, 0.5) is 5.88 Å². The third-order valence-corrected chi connectivity index (χ3v) is 6.36. The van der Waals surface area contributed by atoms with Gasteiger partial charge in [-0.3, -0.25) is 4.79 Å². The summed E-state index contributed by atoms with van der Waals surface area (Å²) in [5, 5.41) is 17.4. The number of ether oxygens (including phenoxy) is 2. The van der Waals surface area contributed by atoms with Crippen LogP contribution < -0.4 is 14.8 Å². The monoisotopic (exact) mass is 432 g/mol. The van der Waals surface area contributed by atoms with Crippen molar-refractivity contribution in [1.82, 2.24) is 5.16 Å².